The topological polar surface area (TPSA) is 84.9 Å². The highest BCUT2D eigenvalue weighted by Crippen LogP contribution is 2.34. The molecule has 34 heavy (non-hydrogen) atoms. The molecule has 1 aliphatic heterocycles. The Labute approximate surface area is 207 Å². The number of fused-ring (bicyclic) bond motifs is 1. The normalized spacial score (nSPS) is 15.0. The summed E-state index contributed by atoms with van der Waals surface area (Å²) >= 11 is 3.47. The maximum atomic E-state index is 12.8. The van der Waals surface area contributed by atoms with Crippen molar-refractivity contribution in [2.75, 3.05) is 22.8 Å². The molecule has 4 rings (SSSR count). The summed E-state index contributed by atoms with van der Waals surface area (Å²) in [5, 5.41) is 0. The number of carbonyl (C=O) groups is 1. The van der Waals surface area contributed by atoms with Gasteiger partial charge in [-0.15, -0.1) is 0 Å². The van der Waals surface area contributed by atoms with Crippen molar-refractivity contribution >= 4 is 43.2 Å². The lowest BCUT2D eigenvalue weighted by Gasteiger charge is -2.22. The fourth-order valence-electron chi connectivity index (χ4n) is 3.91. The number of hydrogen-bond donors (Lipinski definition) is 1. The van der Waals surface area contributed by atoms with E-state index in [0.29, 0.717) is 23.8 Å². The second-order valence-corrected chi connectivity index (χ2v) is 10.5. The molecule has 0 unspecified atom stereocenters. The molecule has 0 radical (unpaired) electrons. The van der Waals surface area contributed by atoms with E-state index in [4.69, 9.17) is 9.47 Å². The number of ether oxygens (including phenoxy) is 2. The molecule has 0 saturated carbocycles. The Hall–Kier alpha value is -3.04. The summed E-state index contributed by atoms with van der Waals surface area (Å²) in [5.41, 5.74) is 2.44. The number of hydrogen-bond acceptors (Lipinski definition) is 5. The van der Waals surface area contributed by atoms with E-state index in [2.05, 4.69) is 20.7 Å². The van der Waals surface area contributed by atoms with Crippen LogP contribution in [0, 0.1) is 0 Å². The first-order valence-electron chi connectivity index (χ1n) is 10.9. The quantitative estimate of drug-likeness (QED) is 0.431. The number of rotatable bonds is 8. The molecule has 1 atom stereocenters. The van der Waals surface area contributed by atoms with Crippen LogP contribution < -0.4 is 19.1 Å². The number of nitrogens with one attached hydrogen (secondary N) is 1. The van der Waals surface area contributed by atoms with Crippen molar-refractivity contribution in [3.05, 3.63) is 76.8 Å². The van der Waals surface area contributed by atoms with Crippen molar-refractivity contribution in [3.8, 4) is 11.5 Å². The fourth-order valence-corrected chi connectivity index (χ4v) is 5.38. The highest BCUT2D eigenvalue weighted by atomic mass is 79.9. The Balaban J connectivity index is 1.38. The summed E-state index contributed by atoms with van der Waals surface area (Å²) in [6.45, 7) is 4.28. The summed E-state index contributed by atoms with van der Waals surface area (Å²) in [5.74, 6) is 0.930. The van der Waals surface area contributed by atoms with Crippen molar-refractivity contribution in [1.29, 1.82) is 0 Å². The van der Waals surface area contributed by atoms with Crippen LogP contribution in [0.1, 0.15) is 19.4 Å². The second kappa shape index (κ2) is 10.1. The number of benzene rings is 3. The molecule has 0 aliphatic carbocycles. The lowest BCUT2D eigenvalue weighted by molar-refractivity contribution is -0.120. The van der Waals surface area contributed by atoms with Crippen molar-refractivity contribution in [3.63, 3.8) is 0 Å². The van der Waals surface area contributed by atoms with Crippen molar-refractivity contribution in [2.45, 2.75) is 31.2 Å². The van der Waals surface area contributed by atoms with Crippen molar-refractivity contribution in [1.82, 2.24) is 0 Å². The highest BCUT2D eigenvalue weighted by Gasteiger charge is 2.31. The van der Waals surface area contributed by atoms with Gasteiger partial charge in [0, 0.05) is 21.9 Å². The molecule has 1 aliphatic rings. The first-order valence-corrected chi connectivity index (χ1v) is 13.1. The maximum Gasteiger partial charge on any atom is 0.265 e. The van der Waals surface area contributed by atoms with E-state index in [9.17, 15) is 13.2 Å². The number of nitrogens with zero attached hydrogens (tertiary/aromatic N) is 1. The van der Waals surface area contributed by atoms with E-state index < -0.39 is 10.0 Å². The summed E-state index contributed by atoms with van der Waals surface area (Å²) in [7, 11) is -3.77. The van der Waals surface area contributed by atoms with Gasteiger partial charge in [0.25, 0.3) is 15.9 Å². The van der Waals surface area contributed by atoms with Crippen molar-refractivity contribution < 1.29 is 22.7 Å². The van der Waals surface area contributed by atoms with Crippen LogP contribution in [0.5, 0.6) is 11.5 Å². The van der Waals surface area contributed by atoms with Gasteiger partial charge in [0.05, 0.1) is 11.5 Å². The zero-order chi connectivity index (χ0) is 24.3. The van der Waals surface area contributed by atoms with E-state index >= 15 is 0 Å². The van der Waals surface area contributed by atoms with E-state index in [1.165, 1.54) is 12.1 Å². The summed E-state index contributed by atoms with van der Waals surface area (Å²) in [6, 6.07) is 18.6. The van der Waals surface area contributed by atoms with Crippen LogP contribution in [0.4, 0.5) is 11.4 Å². The molecular weight excluding hydrogens is 520 g/mol. The molecule has 0 fully saturated rings. The monoisotopic (exact) mass is 544 g/mol. The second-order valence-electron chi connectivity index (χ2n) is 7.91. The van der Waals surface area contributed by atoms with Gasteiger partial charge < -0.3 is 14.4 Å². The van der Waals surface area contributed by atoms with Crippen molar-refractivity contribution in [2.24, 2.45) is 0 Å². The molecule has 0 bridgehead atoms. The first-order chi connectivity index (χ1) is 16.3. The van der Waals surface area contributed by atoms with E-state index in [0.717, 1.165) is 22.1 Å². The van der Waals surface area contributed by atoms with E-state index in [-0.39, 0.29) is 23.5 Å². The Morgan fingerprint density at radius 3 is 2.35 bits per heavy atom. The number of sulfonamides is 1. The molecule has 0 aromatic heterocycles. The highest BCUT2D eigenvalue weighted by molar-refractivity contribution is 9.10. The Bertz CT molecular complexity index is 1280. The van der Waals surface area contributed by atoms with Gasteiger partial charge in [-0.05, 0) is 92.6 Å². The zero-order valence-corrected chi connectivity index (χ0v) is 21.2. The van der Waals surface area contributed by atoms with Crippen LogP contribution in [0.15, 0.2) is 76.1 Å². The number of carbonyl (C=O) groups excluding carboxylic acids is 1. The zero-order valence-electron chi connectivity index (χ0n) is 18.8. The fraction of sp³-hybridized carbons (Fsp3) is 0.240. The van der Waals surface area contributed by atoms with E-state index in [1.807, 2.05) is 32.0 Å². The van der Waals surface area contributed by atoms with Gasteiger partial charge in [-0.2, -0.15) is 0 Å². The predicted molar refractivity (Wildman–Crippen MR) is 135 cm³/mol. The van der Waals surface area contributed by atoms with Gasteiger partial charge in [0.2, 0.25) is 0 Å². The van der Waals surface area contributed by atoms with Crippen LogP contribution in [-0.4, -0.2) is 33.6 Å². The van der Waals surface area contributed by atoms with Crippen LogP contribution in [-0.2, 0) is 21.2 Å². The molecule has 178 valence electrons. The van der Waals surface area contributed by atoms with Gasteiger partial charge in [-0.25, -0.2) is 8.42 Å². The lowest BCUT2D eigenvalue weighted by atomic mass is 10.1. The van der Waals surface area contributed by atoms with Gasteiger partial charge in [-0.3, -0.25) is 9.52 Å². The molecule has 3 aromatic rings. The molecule has 1 heterocycles. The average molecular weight is 545 g/mol. The van der Waals surface area contributed by atoms with Crippen LogP contribution in [0.25, 0.3) is 0 Å². The molecule has 9 heteroatoms. The smallest absolute Gasteiger partial charge is 0.265 e. The van der Waals surface area contributed by atoms with Crippen LogP contribution in [0.3, 0.4) is 0 Å². The minimum atomic E-state index is -3.77. The van der Waals surface area contributed by atoms with E-state index in [1.54, 1.807) is 41.3 Å². The van der Waals surface area contributed by atoms with Crippen LogP contribution in [0.2, 0.25) is 0 Å². The Morgan fingerprint density at radius 2 is 1.68 bits per heavy atom. The standard InChI is InChI=1S/C25H25BrN2O5S/c1-3-32-21-7-5-20(6-8-21)27-34(30,31)23-11-9-22(10-12-23)33-16-25(29)28-17(2)14-18-15-19(26)4-13-24(18)28/h4-13,15,17,27H,3,14,16H2,1-2H3/t17-/m1/s1. The third-order valence-corrected chi connectivity index (χ3v) is 7.33. The predicted octanol–water partition coefficient (Wildman–Crippen LogP) is 5.01. The number of amides is 1. The van der Waals surface area contributed by atoms with Crippen LogP contribution >= 0.6 is 15.9 Å². The molecule has 1 N–H and O–H groups in total. The number of halogens is 1. The average Bonchev–Trinajstić information content (AvgIpc) is 3.14. The molecule has 3 aromatic carbocycles. The lowest BCUT2D eigenvalue weighted by Crippen LogP contribution is -2.39. The third-order valence-electron chi connectivity index (χ3n) is 5.44. The minimum absolute atomic E-state index is 0.0431. The van der Waals surface area contributed by atoms with Gasteiger partial charge in [-0.1, -0.05) is 15.9 Å². The Morgan fingerprint density at radius 1 is 1.03 bits per heavy atom. The first kappa shape index (κ1) is 24.1. The summed E-state index contributed by atoms with van der Waals surface area (Å²) in [4.78, 5) is 14.7. The summed E-state index contributed by atoms with van der Waals surface area (Å²) in [6.07, 6.45) is 0.786. The SMILES string of the molecule is CCOc1ccc(NS(=O)(=O)c2ccc(OCC(=O)N3c4ccc(Br)cc4C[C@H]3C)cc2)cc1. The Kier molecular flexibility index (Phi) is 7.13. The summed E-state index contributed by atoms with van der Waals surface area (Å²) < 4.78 is 39.9. The maximum absolute atomic E-state index is 12.8. The molecular formula is C25H25BrN2O5S. The van der Waals surface area contributed by atoms with Gasteiger partial charge in [0.1, 0.15) is 11.5 Å². The number of anilines is 2. The minimum Gasteiger partial charge on any atom is -0.494 e. The molecule has 7 nitrogen and oxygen atoms in total. The molecule has 0 spiro atoms. The largest absolute Gasteiger partial charge is 0.494 e. The van der Waals surface area contributed by atoms with Gasteiger partial charge in [0.15, 0.2) is 6.61 Å². The molecule has 1 amide bonds. The molecule has 0 saturated heterocycles. The third kappa shape index (κ3) is 5.37. The van der Waals surface area contributed by atoms with Gasteiger partial charge >= 0.3 is 0 Å².